The molecule has 92 valence electrons. The minimum Gasteiger partial charge on any atom is -0.496 e. The average molecular weight is 231 g/mol. The van der Waals surface area contributed by atoms with Crippen molar-refractivity contribution < 1.29 is 4.74 Å². The quantitative estimate of drug-likeness (QED) is 0.776. The first kappa shape index (κ1) is 13.4. The summed E-state index contributed by atoms with van der Waals surface area (Å²) < 4.78 is 5.31. The topological polar surface area (TPSA) is 12.5 Å². The van der Waals surface area contributed by atoms with Gasteiger partial charge in [-0.2, -0.15) is 0 Å². The molecule has 0 saturated heterocycles. The van der Waals surface area contributed by atoms with Crippen molar-refractivity contribution in [3.05, 3.63) is 36.4 Å². The molecule has 0 fully saturated rings. The second kappa shape index (κ2) is 6.14. The van der Waals surface area contributed by atoms with Crippen LogP contribution in [0, 0.1) is 0 Å². The molecule has 0 spiro atoms. The van der Waals surface area contributed by atoms with E-state index in [-0.39, 0.29) is 0 Å². The van der Waals surface area contributed by atoms with Gasteiger partial charge < -0.3 is 9.64 Å². The fourth-order valence-corrected chi connectivity index (χ4v) is 1.70. The first-order valence-electron chi connectivity index (χ1n) is 5.96. The van der Waals surface area contributed by atoms with E-state index in [4.69, 9.17) is 4.74 Å². The van der Waals surface area contributed by atoms with Crippen molar-refractivity contribution in [3.63, 3.8) is 0 Å². The molecule has 0 unspecified atom stereocenters. The maximum Gasteiger partial charge on any atom is 0.126 e. The molecule has 2 rings (SSSR count). The predicted octanol–water partition coefficient (Wildman–Crippen LogP) is 3.94. The molecule has 2 aromatic rings. The van der Waals surface area contributed by atoms with E-state index in [1.807, 2.05) is 40.1 Å². The van der Waals surface area contributed by atoms with Crippen molar-refractivity contribution in [1.82, 2.24) is 0 Å². The molecule has 0 aromatic heterocycles. The smallest absolute Gasteiger partial charge is 0.126 e. The molecule has 0 aliphatic carbocycles. The van der Waals surface area contributed by atoms with Crippen LogP contribution in [0.25, 0.3) is 10.8 Å². The van der Waals surface area contributed by atoms with Crippen molar-refractivity contribution in [3.8, 4) is 5.75 Å². The maximum absolute atomic E-state index is 5.31. The number of methoxy groups -OCH3 is 1. The van der Waals surface area contributed by atoms with Gasteiger partial charge in [-0.25, -0.2) is 0 Å². The zero-order valence-corrected chi connectivity index (χ0v) is 11.3. The van der Waals surface area contributed by atoms with E-state index in [9.17, 15) is 0 Å². The highest BCUT2D eigenvalue weighted by atomic mass is 16.5. The minimum absolute atomic E-state index is 0.929. The van der Waals surface area contributed by atoms with Crippen LogP contribution in [0.3, 0.4) is 0 Å². The molecular weight excluding hydrogens is 210 g/mol. The molecule has 0 amide bonds. The van der Waals surface area contributed by atoms with Crippen LogP contribution in [-0.2, 0) is 0 Å². The monoisotopic (exact) mass is 231 g/mol. The molecule has 2 heteroatoms. The molecular formula is C15H21NO. The van der Waals surface area contributed by atoms with Crippen LogP contribution in [0.2, 0.25) is 0 Å². The Bertz CT molecular complexity index is 477. The van der Waals surface area contributed by atoms with Gasteiger partial charge in [0.1, 0.15) is 5.75 Å². The summed E-state index contributed by atoms with van der Waals surface area (Å²) in [5.74, 6) is 0.929. The summed E-state index contributed by atoms with van der Waals surface area (Å²) in [5, 5.41) is 2.37. The maximum atomic E-state index is 5.31. The average Bonchev–Trinajstić information content (AvgIpc) is 2.39. The Morgan fingerprint density at radius 1 is 1.00 bits per heavy atom. The first-order chi connectivity index (χ1) is 8.22. The highest BCUT2D eigenvalue weighted by molar-refractivity contribution is 5.90. The van der Waals surface area contributed by atoms with Crippen molar-refractivity contribution in [2.75, 3.05) is 26.1 Å². The lowest BCUT2D eigenvalue weighted by atomic mass is 10.1. The highest BCUT2D eigenvalue weighted by Gasteiger charge is 2.02. The third kappa shape index (κ3) is 2.90. The van der Waals surface area contributed by atoms with Crippen LogP contribution in [0.15, 0.2) is 36.4 Å². The number of hydrogen-bond acceptors (Lipinski definition) is 2. The third-order valence-corrected chi connectivity index (χ3v) is 2.56. The lowest BCUT2D eigenvalue weighted by molar-refractivity contribution is 0.420. The Balaban J connectivity index is 0.000000686. The van der Waals surface area contributed by atoms with Gasteiger partial charge >= 0.3 is 0 Å². The van der Waals surface area contributed by atoms with Gasteiger partial charge in [-0.15, -0.1) is 0 Å². The van der Waals surface area contributed by atoms with Gasteiger partial charge in [-0.05, 0) is 29.7 Å². The summed E-state index contributed by atoms with van der Waals surface area (Å²) in [4.78, 5) is 2.10. The molecule has 2 nitrogen and oxygen atoms in total. The van der Waals surface area contributed by atoms with E-state index < -0.39 is 0 Å². The fourth-order valence-electron chi connectivity index (χ4n) is 1.70. The Morgan fingerprint density at radius 2 is 1.71 bits per heavy atom. The molecule has 0 atom stereocenters. The minimum atomic E-state index is 0.929. The van der Waals surface area contributed by atoms with E-state index in [1.165, 1.54) is 11.1 Å². The molecule has 0 saturated carbocycles. The highest BCUT2D eigenvalue weighted by Crippen LogP contribution is 2.28. The van der Waals surface area contributed by atoms with Crippen LogP contribution in [0.4, 0.5) is 5.69 Å². The fraction of sp³-hybridized carbons (Fsp3) is 0.333. The molecule has 0 radical (unpaired) electrons. The van der Waals surface area contributed by atoms with E-state index in [0.717, 1.165) is 11.1 Å². The van der Waals surface area contributed by atoms with Gasteiger partial charge in [0.2, 0.25) is 0 Å². The number of fused-ring (bicyclic) bond motifs is 1. The molecule has 17 heavy (non-hydrogen) atoms. The summed E-state index contributed by atoms with van der Waals surface area (Å²) in [6.45, 7) is 4.00. The molecule has 0 N–H and O–H groups in total. The number of anilines is 1. The van der Waals surface area contributed by atoms with Gasteiger partial charge in [0, 0.05) is 25.2 Å². The lowest BCUT2D eigenvalue weighted by Crippen LogP contribution is -2.08. The Kier molecular flexibility index (Phi) is 4.83. The zero-order valence-electron chi connectivity index (χ0n) is 11.3. The number of hydrogen-bond donors (Lipinski definition) is 0. The van der Waals surface area contributed by atoms with Crippen LogP contribution in [0.5, 0.6) is 5.75 Å². The second-order valence-electron chi connectivity index (χ2n) is 3.76. The molecule has 0 heterocycles. The van der Waals surface area contributed by atoms with Crippen molar-refractivity contribution in [2.24, 2.45) is 0 Å². The van der Waals surface area contributed by atoms with Crippen LogP contribution in [-0.4, -0.2) is 21.2 Å². The van der Waals surface area contributed by atoms with E-state index >= 15 is 0 Å². The summed E-state index contributed by atoms with van der Waals surface area (Å²) in [7, 11) is 5.79. The largest absolute Gasteiger partial charge is 0.496 e. The zero-order chi connectivity index (χ0) is 12.8. The number of ether oxygens (including phenoxy) is 1. The second-order valence-corrected chi connectivity index (χ2v) is 3.76. The molecule has 0 aliphatic heterocycles. The van der Waals surface area contributed by atoms with Gasteiger partial charge in [0.25, 0.3) is 0 Å². The lowest BCUT2D eigenvalue weighted by Gasteiger charge is -2.13. The predicted molar refractivity (Wildman–Crippen MR) is 76.2 cm³/mol. The SMILES string of the molecule is CC.COc1cccc2cc(N(C)C)ccc12. The van der Waals surface area contributed by atoms with Gasteiger partial charge in [0.15, 0.2) is 0 Å². The Morgan fingerprint density at radius 3 is 2.29 bits per heavy atom. The van der Waals surface area contributed by atoms with E-state index in [1.54, 1.807) is 7.11 Å². The number of nitrogens with zero attached hydrogens (tertiary/aromatic N) is 1. The normalized spacial score (nSPS) is 9.47. The van der Waals surface area contributed by atoms with Gasteiger partial charge in [0.05, 0.1) is 7.11 Å². The summed E-state index contributed by atoms with van der Waals surface area (Å²) in [6, 6.07) is 12.5. The van der Waals surface area contributed by atoms with Crippen molar-refractivity contribution >= 4 is 16.5 Å². The van der Waals surface area contributed by atoms with Crippen LogP contribution in [0.1, 0.15) is 13.8 Å². The van der Waals surface area contributed by atoms with Crippen molar-refractivity contribution in [2.45, 2.75) is 13.8 Å². The van der Waals surface area contributed by atoms with Gasteiger partial charge in [-0.3, -0.25) is 0 Å². The van der Waals surface area contributed by atoms with E-state index in [0.29, 0.717) is 0 Å². The molecule has 2 aromatic carbocycles. The summed E-state index contributed by atoms with van der Waals surface area (Å²) in [5.41, 5.74) is 1.20. The van der Waals surface area contributed by atoms with E-state index in [2.05, 4.69) is 29.2 Å². The molecule has 0 bridgehead atoms. The molecule has 0 aliphatic rings. The Hall–Kier alpha value is -1.70. The van der Waals surface area contributed by atoms with Crippen molar-refractivity contribution in [1.29, 1.82) is 0 Å². The summed E-state index contributed by atoms with van der Waals surface area (Å²) in [6.07, 6.45) is 0. The van der Waals surface area contributed by atoms with Crippen LogP contribution < -0.4 is 9.64 Å². The number of rotatable bonds is 2. The number of benzene rings is 2. The summed E-state index contributed by atoms with van der Waals surface area (Å²) >= 11 is 0. The first-order valence-corrected chi connectivity index (χ1v) is 5.96. The Labute approximate surface area is 104 Å². The van der Waals surface area contributed by atoms with Gasteiger partial charge in [-0.1, -0.05) is 26.0 Å². The van der Waals surface area contributed by atoms with Crippen LogP contribution >= 0.6 is 0 Å². The standard InChI is InChI=1S/C13H15NO.C2H6/c1-14(2)11-7-8-12-10(9-11)5-4-6-13(12)15-3;1-2/h4-9H,1-3H3;1-2H3. The third-order valence-electron chi connectivity index (χ3n) is 2.56.